The number of amides is 1. The van der Waals surface area contributed by atoms with Crippen LogP contribution in [0, 0.1) is 11.2 Å². The number of benzene rings is 1. The molecule has 1 atom stereocenters. The van der Waals surface area contributed by atoms with Crippen molar-refractivity contribution in [2.24, 2.45) is 5.73 Å². The van der Waals surface area contributed by atoms with E-state index in [1.165, 1.54) is 30.7 Å². The van der Waals surface area contributed by atoms with E-state index >= 15 is 0 Å². The van der Waals surface area contributed by atoms with Crippen molar-refractivity contribution < 1.29 is 13.9 Å². The molecule has 2 aromatic heterocycles. The molecule has 178 valence electrons. The van der Waals surface area contributed by atoms with Crippen LogP contribution in [-0.2, 0) is 4.79 Å². The highest BCUT2D eigenvalue weighted by Crippen LogP contribution is 2.31. The molecule has 0 bridgehead atoms. The van der Waals surface area contributed by atoms with Crippen LogP contribution in [-0.4, -0.2) is 47.1 Å². The van der Waals surface area contributed by atoms with Gasteiger partial charge in [-0.05, 0) is 38.4 Å². The molecule has 3 aromatic rings. The number of nitrogens with zero attached hydrogens (tertiary/aromatic N) is 3. The predicted octanol–water partition coefficient (Wildman–Crippen LogP) is 3.46. The largest absolute Gasteiger partial charge is 0.471 e. The maximum atomic E-state index is 14.5. The number of hydrogen-bond donors (Lipinski definition) is 4. The van der Waals surface area contributed by atoms with E-state index < -0.39 is 18.0 Å². The van der Waals surface area contributed by atoms with Gasteiger partial charge in [-0.15, -0.1) is 0 Å². The average Bonchev–Trinajstić information content (AvgIpc) is 2.75. The summed E-state index contributed by atoms with van der Waals surface area (Å²) in [6.07, 6.45) is 3.04. The van der Waals surface area contributed by atoms with E-state index in [4.69, 9.17) is 44.8 Å². The molecule has 0 saturated heterocycles. The third-order valence-corrected chi connectivity index (χ3v) is 5.18. The van der Waals surface area contributed by atoms with Gasteiger partial charge in [-0.3, -0.25) is 20.9 Å². The zero-order valence-electron chi connectivity index (χ0n) is 18.3. The number of likely N-dealkylation sites (N-methyl/N-ethyl adjacent to an activating group) is 1. The molecular weight excluding hydrogens is 484 g/mol. The first-order valence-electron chi connectivity index (χ1n) is 9.87. The van der Waals surface area contributed by atoms with Crippen LogP contribution >= 0.6 is 23.2 Å². The van der Waals surface area contributed by atoms with Crippen LogP contribution in [0.4, 0.5) is 15.9 Å². The van der Waals surface area contributed by atoms with Crippen molar-refractivity contribution in [1.82, 2.24) is 14.9 Å². The standard InChI is InChI=1S/C22H22Cl2FN7O2/c1-32(2)10-18(33)31-22-16(25)5-11(7-30-22)20(27)13-6-12(3-4-17(13)26)34-21(28)19-14(23)8-29-9-15(19)24/h3-9,21,27H,10,26,28H2,1-2H3,(H,30,31,33)/t21-/m0/s1. The molecule has 6 N–H and O–H groups in total. The Kier molecular flexibility index (Phi) is 8.00. The molecule has 0 aliphatic heterocycles. The number of rotatable bonds is 8. The van der Waals surface area contributed by atoms with Gasteiger partial charge in [0.15, 0.2) is 17.9 Å². The summed E-state index contributed by atoms with van der Waals surface area (Å²) in [6, 6.07) is 5.68. The molecule has 0 unspecified atom stereocenters. The van der Waals surface area contributed by atoms with Crippen LogP contribution in [0.5, 0.6) is 5.75 Å². The van der Waals surface area contributed by atoms with E-state index in [1.54, 1.807) is 25.1 Å². The maximum Gasteiger partial charge on any atom is 0.239 e. The second-order valence-corrected chi connectivity index (χ2v) is 8.33. The Morgan fingerprint density at radius 1 is 1.24 bits per heavy atom. The second-order valence-electron chi connectivity index (χ2n) is 7.52. The Morgan fingerprint density at radius 3 is 2.53 bits per heavy atom. The summed E-state index contributed by atoms with van der Waals surface area (Å²) in [5.41, 5.74) is 13.1. The normalized spacial score (nSPS) is 11.9. The van der Waals surface area contributed by atoms with Crippen LogP contribution in [0.3, 0.4) is 0 Å². The quantitative estimate of drug-likeness (QED) is 0.208. The number of hydrogen-bond acceptors (Lipinski definition) is 8. The maximum absolute atomic E-state index is 14.5. The van der Waals surface area contributed by atoms with Crippen molar-refractivity contribution in [1.29, 1.82) is 5.41 Å². The monoisotopic (exact) mass is 505 g/mol. The van der Waals surface area contributed by atoms with E-state index in [9.17, 15) is 9.18 Å². The van der Waals surface area contributed by atoms with E-state index in [2.05, 4.69) is 15.3 Å². The van der Waals surface area contributed by atoms with Crippen molar-refractivity contribution in [3.63, 3.8) is 0 Å². The number of anilines is 2. The van der Waals surface area contributed by atoms with Gasteiger partial charge in [0.2, 0.25) is 5.91 Å². The SMILES string of the molecule is CN(C)CC(=O)Nc1ncc(C(=N)c2cc(O[C@H](N)c3c(Cl)cncc3Cl)ccc2N)cc1F. The minimum absolute atomic E-state index is 0.0695. The van der Waals surface area contributed by atoms with Gasteiger partial charge in [0.05, 0.1) is 22.3 Å². The molecule has 12 heteroatoms. The minimum Gasteiger partial charge on any atom is -0.471 e. The number of aromatic nitrogens is 2. The summed E-state index contributed by atoms with van der Waals surface area (Å²) in [5.74, 6) is -1.15. The fourth-order valence-corrected chi connectivity index (χ4v) is 3.58. The number of nitrogens with two attached hydrogens (primary N) is 2. The number of nitrogen functional groups attached to an aromatic ring is 1. The van der Waals surface area contributed by atoms with Gasteiger partial charge in [-0.1, -0.05) is 23.2 Å². The molecule has 3 rings (SSSR count). The third kappa shape index (κ3) is 5.97. The first-order chi connectivity index (χ1) is 16.1. The van der Waals surface area contributed by atoms with Gasteiger partial charge < -0.3 is 20.7 Å². The Hall–Kier alpha value is -3.31. The number of nitrogens with one attached hydrogen (secondary N) is 2. The molecule has 0 fully saturated rings. The van der Waals surface area contributed by atoms with Gasteiger partial charge in [-0.25, -0.2) is 9.37 Å². The Labute approximate surface area is 205 Å². The van der Waals surface area contributed by atoms with Crippen molar-refractivity contribution in [3.8, 4) is 5.75 Å². The summed E-state index contributed by atoms with van der Waals surface area (Å²) < 4.78 is 20.3. The van der Waals surface area contributed by atoms with E-state index in [0.717, 1.165) is 6.07 Å². The van der Waals surface area contributed by atoms with Crippen LogP contribution in [0.1, 0.15) is 22.9 Å². The van der Waals surface area contributed by atoms with Gasteiger partial charge in [-0.2, -0.15) is 0 Å². The molecule has 0 spiro atoms. The number of carbonyl (C=O) groups excluding carboxylic acids is 1. The number of ether oxygens (including phenoxy) is 1. The Bertz CT molecular complexity index is 1220. The predicted molar refractivity (Wildman–Crippen MR) is 130 cm³/mol. The van der Waals surface area contributed by atoms with Crippen molar-refractivity contribution in [2.75, 3.05) is 31.7 Å². The topological polar surface area (TPSA) is 143 Å². The lowest BCUT2D eigenvalue weighted by molar-refractivity contribution is -0.116. The molecule has 0 radical (unpaired) electrons. The highest BCUT2D eigenvalue weighted by Gasteiger charge is 2.19. The molecule has 0 aliphatic rings. The lowest BCUT2D eigenvalue weighted by Gasteiger charge is -2.18. The molecule has 0 aliphatic carbocycles. The fraction of sp³-hybridized carbons (Fsp3) is 0.182. The van der Waals surface area contributed by atoms with E-state index in [-0.39, 0.29) is 50.7 Å². The van der Waals surface area contributed by atoms with Gasteiger partial charge in [0, 0.05) is 41.0 Å². The molecule has 34 heavy (non-hydrogen) atoms. The van der Waals surface area contributed by atoms with Crippen molar-refractivity contribution >= 4 is 46.3 Å². The van der Waals surface area contributed by atoms with Crippen LogP contribution in [0.2, 0.25) is 10.0 Å². The summed E-state index contributed by atoms with van der Waals surface area (Å²) >= 11 is 12.3. The highest BCUT2D eigenvalue weighted by molar-refractivity contribution is 6.35. The smallest absolute Gasteiger partial charge is 0.239 e. The molecule has 1 amide bonds. The zero-order valence-corrected chi connectivity index (χ0v) is 19.8. The average molecular weight is 506 g/mol. The lowest BCUT2D eigenvalue weighted by Crippen LogP contribution is -2.27. The molecule has 9 nitrogen and oxygen atoms in total. The molecular formula is C22H22Cl2FN7O2. The summed E-state index contributed by atoms with van der Waals surface area (Å²) in [6.45, 7) is 0.0695. The first-order valence-corrected chi connectivity index (χ1v) is 10.6. The van der Waals surface area contributed by atoms with Crippen LogP contribution in [0.25, 0.3) is 0 Å². The van der Waals surface area contributed by atoms with Gasteiger partial charge >= 0.3 is 0 Å². The lowest BCUT2D eigenvalue weighted by atomic mass is 10.0. The van der Waals surface area contributed by atoms with Crippen molar-refractivity contribution in [2.45, 2.75) is 6.23 Å². The molecule has 2 heterocycles. The summed E-state index contributed by atoms with van der Waals surface area (Å²) in [7, 11) is 3.42. The van der Waals surface area contributed by atoms with E-state index in [0.29, 0.717) is 5.56 Å². The van der Waals surface area contributed by atoms with Crippen LogP contribution in [0.15, 0.2) is 42.9 Å². The minimum atomic E-state index is -1.02. The van der Waals surface area contributed by atoms with Crippen molar-refractivity contribution in [3.05, 3.63) is 75.4 Å². The molecule has 0 saturated carbocycles. The van der Waals surface area contributed by atoms with Gasteiger partial charge in [0.25, 0.3) is 0 Å². The third-order valence-electron chi connectivity index (χ3n) is 4.58. The first kappa shape index (κ1) is 25.3. The zero-order chi connectivity index (χ0) is 25.0. The van der Waals surface area contributed by atoms with E-state index in [1.807, 2.05) is 0 Å². The number of halogens is 3. The summed E-state index contributed by atoms with van der Waals surface area (Å²) in [4.78, 5) is 21.3. The van der Waals surface area contributed by atoms with Crippen LogP contribution < -0.4 is 21.5 Å². The summed E-state index contributed by atoms with van der Waals surface area (Å²) in [5, 5.41) is 11.4. The fourth-order valence-electron chi connectivity index (χ4n) is 3.00. The van der Waals surface area contributed by atoms with Gasteiger partial charge in [0.1, 0.15) is 5.75 Å². The number of pyridine rings is 2. The Balaban J connectivity index is 1.82. The second kappa shape index (κ2) is 10.7. The highest BCUT2D eigenvalue weighted by atomic mass is 35.5. The number of carbonyl (C=O) groups is 1. The molecule has 1 aromatic carbocycles. The Morgan fingerprint density at radius 2 is 1.91 bits per heavy atom.